The fourth-order valence-corrected chi connectivity index (χ4v) is 5.49. The highest BCUT2D eigenvalue weighted by atomic mass is 19.4. The molecule has 1 heterocycles. The summed E-state index contributed by atoms with van der Waals surface area (Å²) in [6, 6.07) is 13.0. The number of H-pyrrole nitrogens is 1. The number of carbonyl (C=O) groups excluding carboxylic acids is 2. The van der Waals surface area contributed by atoms with E-state index < -0.39 is 11.7 Å². The summed E-state index contributed by atoms with van der Waals surface area (Å²) in [5, 5.41) is 1.08. The van der Waals surface area contributed by atoms with Gasteiger partial charge in [-0.05, 0) is 66.3 Å². The molecule has 1 atom stereocenters. The van der Waals surface area contributed by atoms with Crippen molar-refractivity contribution in [1.82, 2.24) is 14.8 Å². The molecule has 1 saturated carbocycles. The molecule has 1 aromatic heterocycles. The molecule has 40 heavy (non-hydrogen) atoms. The smallest absolute Gasteiger partial charge is 0.361 e. The lowest BCUT2D eigenvalue weighted by molar-refractivity contribution is -0.142. The first kappa shape index (κ1) is 29.7. The van der Waals surface area contributed by atoms with Gasteiger partial charge in [0.15, 0.2) is 0 Å². The second-order valence-electron chi connectivity index (χ2n) is 12.4. The van der Waals surface area contributed by atoms with E-state index in [1.165, 1.54) is 12.1 Å². The summed E-state index contributed by atoms with van der Waals surface area (Å²) in [5.74, 6) is 0.0103. The molecule has 0 aliphatic heterocycles. The molecule has 1 N–H and O–H groups in total. The zero-order valence-corrected chi connectivity index (χ0v) is 23.9. The third kappa shape index (κ3) is 8.12. The summed E-state index contributed by atoms with van der Waals surface area (Å²) in [5.41, 5.74) is 2.08. The summed E-state index contributed by atoms with van der Waals surface area (Å²) >= 11 is 0. The van der Waals surface area contributed by atoms with Gasteiger partial charge >= 0.3 is 6.18 Å². The lowest BCUT2D eigenvalue weighted by atomic mass is 9.84. The number of halogens is 3. The van der Waals surface area contributed by atoms with Crippen LogP contribution in [0.15, 0.2) is 54.7 Å². The van der Waals surface area contributed by atoms with Crippen LogP contribution in [0, 0.1) is 11.3 Å². The number of hydrogen-bond donors (Lipinski definition) is 1. The third-order valence-electron chi connectivity index (χ3n) is 7.43. The average Bonchev–Trinajstić information content (AvgIpc) is 3.62. The summed E-state index contributed by atoms with van der Waals surface area (Å²) in [4.78, 5) is 33.7. The van der Waals surface area contributed by atoms with Gasteiger partial charge in [0.1, 0.15) is 6.54 Å². The monoisotopic (exact) mass is 555 g/mol. The molecule has 3 aromatic rings. The SMILES string of the molecule is CC(CC(=O)N(CC(=O)N(CCc1c[nH]c2ccccc12)Cc1ccc(C(F)(F)F)cc1)C1CC1)CC(C)(C)C. The maximum absolute atomic E-state index is 13.7. The van der Waals surface area contributed by atoms with Gasteiger partial charge in [0.25, 0.3) is 0 Å². The maximum atomic E-state index is 13.7. The summed E-state index contributed by atoms with van der Waals surface area (Å²) in [6.45, 7) is 9.09. The van der Waals surface area contributed by atoms with Crippen molar-refractivity contribution in [2.24, 2.45) is 11.3 Å². The quantitative estimate of drug-likeness (QED) is 0.272. The van der Waals surface area contributed by atoms with Gasteiger partial charge in [0.2, 0.25) is 11.8 Å². The van der Waals surface area contributed by atoms with Crippen molar-refractivity contribution in [3.05, 3.63) is 71.4 Å². The average molecular weight is 556 g/mol. The minimum absolute atomic E-state index is 0.00120. The van der Waals surface area contributed by atoms with Crippen LogP contribution in [-0.4, -0.2) is 45.7 Å². The van der Waals surface area contributed by atoms with E-state index in [4.69, 9.17) is 0 Å². The van der Waals surface area contributed by atoms with Crippen LogP contribution in [0.1, 0.15) is 70.1 Å². The molecule has 1 aliphatic rings. The number of benzene rings is 2. The molecule has 2 amide bonds. The first-order valence-electron chi connectivity index (χ1n) is 14.1. The van der Waals surface area contributed by atoms with Crippen LogP contribution in [0.4, 0.5) is 13.2 Å². The highest BCUT2D eigenvalue weighted by Crippen LogP contribution is 2.31. The Balaban J connectivity index is 1.50. The number of alkyl halides is 3. The number of fused-ring (bicyclic) bond motifs is 1. The molecule has 8 heteroatoms. The number of carbonyl (C=O) groups is 2. The van der Waals surface area contributed by atoms with Crippen molar-refractivity contribution in [2.75, 3.05) is 13.1 Å². The van der Waals surface area contributed by atoms with Gasteiger partial charge in [0.05, 0.1) is 5.56 Å². The minimum Gasteiger partial charge on any atom is -0.361 e. The second-order valence-corrected chi connectivity index (χ2v) is 12.4. The van der Waals surface area contributed by atoms with Crippen LogP contribution < -0.4 is 0 Å². The van der Waals surface area contributed by atoms with Gasteiger partial charge < -0.3 is 14.8 Å². The number of aromatic amines is 1. The Labute approximate surface area is 234 Å². The fourth-order valence-electron chi connectivity index (χ4n) is 5.49. The zero-order chi connectivity index (χ0) is 29.1. The van der Waals surface area contributed by atoms with Gasteiger partial charge in [-0.2, -0.15) is 13.2 Å². The zero-order valence-electron chi connectivity index (χ0n) is 23.9. The Kier molecular flexibility index (Phi) is 8.96. The number of nitrogens with zero attached hydrogens (tertiary/aromatic N) is 2. The summed E-state index contributed by atoms with van der Waals surface area (Å²) in [7, 11) is 0. The molecule has 0 saturated heterocycles. The first-order valence-corrected chi connectivity index (χ1v) is 14.1. The number of rotatable bonds is 11. The normalized spacial score (nSPS) is 14.8. The molecule has 1 aliphatic carbocycles. The predicted octanol–water partition coefficient (Wildman–Crippen LogP) is 7.21. The predicted molar refractivity (Wildman–Crippen MR) is 151 cm³/mol. The van der Waals surface area contributed by atoms with E-state index in [9.17, 15) is 22.8 Å². The van der Waals surface area contributed by atoms with E-state index >= 15 is 0 Å². The van der Waals surface area contributed by atoms with E-state index in [-0.39, 0.29) is 42.3 Å². The number of aromatic nitrogens is 1. The second kappa shape index (κ2) is 12.1. The number of para-hydroxylation sites is 1. The Hall–Kier alpha value is -3.29. The minimum atomic E-state index is -4.42. The van der Waals surface area contributed by atoms with Gasteiger partial charge in [-0.15, -0.1) is 0 Å². The topological polar surface area (TPSA) is 56.4 Å². The van der Waals surface area contributed by atoms with Crippen LogP contribution >= 0.6 is 0 Å². The summed E-state index contributed by atoms with van der Waals surface area (Å²) in [6.07, 6.45) is 1.18. The fraction of sp³-hybridized carbons (Fsp3) is 0.500. The van der Waals surface area contributed by atoms with Crippen molar-refractivity contribution >= 4 is 22.7 Å². The van der Waals surface area contributed by atoms with E-state index in [0.717, 1.165) is 47.9 Å². The van der Waals surface area contributed by atoms with Crippen molar-refractivity contribution in [2.45, 2.75) is 78.6 Å². The number of amides is 2. The van der Waals surface area contributed by atoms with Crippen LogP contribution in [-0.2, 0) is 28.7 Å². The molecule has 0 spiro atoms. The largest absolute Gasteiger partial charge is 0.416 e. The first-order chi connectivity index (χ1) is 18.8. The molecule has 4 rings (SSSR count). The van der Waals surface area contributed by atoms with Crippen LogP contribution in [0.3, 0.4) is 0 Å². The molecular weight excluding hydrogens is 515 g/mol. The lowest BCUT2D eigenvalue weighted by Crippen LogP contribution is -2.44. The lowest BCUT2D eigenvalue weighted by Gasteiger charge is -2.29. The molecule has 0 bridgehead atoms. The Morgan fingerprint density at radius 1 is 1.00 bits per heavy atom. The highest BCUT2D eigenvalue weighted by molar-refractivity contribution is 5.86. The molecule has 5 nitrogen and oxygen atoms in total. The van der Waals surface area contributed by atoms with Crippen molar-refractivity contribution in [3.8, 4) is 0 Å². The van der Waals surface area contributed by atoms with E-state index in [0.29, 0.717) is 24.9 Å². The number of nitrogens with one attached hydrogen (secondary N) is 1. The molecule has 1 unspecified atom stereocenters. The van der Waals surface area contributed by atoms with Gasteiger partial charge in [-0.1, -0.05) is 58.0 Å². The Morgan fingerprint density at radius 2 is 1.68 bits per heavy atom. The standard InChI is InChI=1S/C32H40F3N3O2/c1-22(18-31(2,3)4)17-29(39)38(26-13-14-26)21-30(40)37(20-23-9-11-25(12-10-23)32(33,34)35)16-15-24-19-36-28-8-6-5-7-27(24)28/h5-12,19,22,26,36H,13-18,20-21H2,1-4H3. The highest BCUT2D eigenvalue weighted by Gasteiger charge is 2.35. The molecule has 216 valence electrons. The molecule has 0 radical (unpaired) electrons. The van der Waals surface area contributed by atoms with Crippen molar-refractivity contribution < 1.29 is 22.8 Å². The van der Waals surface area contributed by atoms with Crippen LogP contribution in [0.25, 0.3) is 10.9 Å². The molecule has 2 aromatic carbocycles. The summed E-state index contributed by atoms with van der Waals surface area (Å²) < 4.78 is 39.3. The molecular formula is C32H40F3N3O2. The van der Waals surface area contributed by atoms with Gasteiger partial charge in [-0.25, -0.2) is 0 Å². The van der Waals surface area contributed by atoms with E-state index in [1.54, 1.807) is 9.80 Å². The van der Waals surface area contributed by atoms with Crippen molar-refractivity contribution in [3.63, 3.8) is 0 Å². The third-order valence-corrected chi connectivity index (χ3v) is 7.43. The van der Waals surface area contributed by atoms with Crippen LogP contribution in [0.2, 0.25) is 0 Å². The van der Waals surface area contributed by atoms with E-state index in [1.807, 2.05) is 30.5 Å². The maximum Gasteiger partial charge on any atom is 0.416 e. The van der Waals surface area contributed by atoms with Gasteiger partial charge in [0, 0.05) is 42.7 Å². The van der Waals surface area contributed by atoms with Crippen molar-refractivity contribution in [1.29, 1.82) is 0 Å². The number of hydrogen-bond acceptors (Lipinski definition) is 2. The van der Waals surface area contributed by atoms with Gasteiger partial charge in [-0.3, -0.25) is 9.59 Å². The Bertz CT molecular complexity index is 1300. The molecule has 1 fully saturated rings. The van der Waals surface area contributed by atoms with Crippen LogP contribution in [0.5, 0.6) is 0 Å². The Morgan fingerprint density at radius 3 is 2.30 bits per heavy atom. The van der Waals surface area contributed by atoms with E-state index in [2.05, 4.69) is 32.7 Å².